The van der Waals surface area contributed by atoms with Crippen molar-refractivity contribution in [1.29, 1.82) is 0 Å². The second-order valence-electron chi connectivity index (χ2n) is 5.45. The topological polar surface area (TPSA) is 29.5 Å². The number of benzene rings is 2. The fraction of sp³-hybridized carbons (Fsp3) is 0.350. The van der Waals surface area contributed by atoms with Crippen LogP contribution >= 0.6 is 0 Å². The van der Waals surface area contributed by atoms with E-state index in [0.717, 1.165) is 30.8 Å². The third kappa shape index (κ3) is 5.66. The van der Waals surface area contributed by atoms with Crippen LogP contribution in [-0.2, 0) is 9.53 Å². The molecule has 0 amide bonds. The lowest BCUT2D eigenvalue weighted by atomic mass is 9.91. The summed E-state index contributed by atoms with van der Waals surface area (Å²) in [6.45, 7) is 7.36. The molecule has 0 spiro atoms. The van der Waals surface area contributed by atoms with Gasteiger partial charge in [-0.15, -0.1) is 0 Å². The molecule has 0 unspecified atom stereocenters. The van der Waals surface area contributed by atoms with E-state index in [-0.39, 0.29) is 24.3 Å². The number of halogens is 1. The molecule has 2 aromatic rings. The second-order valence-corrected chi connectivity index (χ2v) is 5.45. The van der Waals surface area contributed by atoms with Gasteiger partial charge in [-0.1, -0.05) is 74.5 Å². The molecule has 0 fully saturated rings. The van der Waals surface area contributed by atoms with Crippen molar-refractivity contribution in [3.8, 4) is 0 Å². The minimum absolute atomic E-state index is 0. The van der Waals surface area contributed by atoms with Gasteiger partial charge in [-0.2, -0.15) is 0 Å². The van der Waals surface area contributed by atoms with E-state index < -0.39 is 0 Å². The maximum Gasteiger partial charge on any atom is 0.317 e. The summed E-state index contributed by atoms with van der Waals surface area (Å²) in [6, 6.07) is 19.6. The van der Waals surface area contributed by atoms with Crippen LogP contribution in [0.5, 0.6) is 0 Å². The molecule has 2 aromatic carbocycles. The Morgan fingerprint density at radius 1 is 0.917 bits per heavy atom. The maximum absolute atomic E-state index is 12.7. The number of likely N-dealkylation sites (N-methyl/N-ethyl adjacent to an activating group) is 1. The molecule has 4 heteroatoms. The Morgan fingerprint density at radius 2 is 1.38 bits per heavy atom. The van der Waals surface area contributed by atoms with Gasteiger partial charge in [0.2, 0.25) is 0 Å². The summed E-state index contributed by atoms with van der Waals surface area (Å²) in [7, 11) is 0. The number of ether oxygens (including phenoxy) is 1. The number of hydrogen-bond acceptors (Lipinski definition) is 3. The van der Waals surface area contributed by atoms with Gasteiger partial charge in [-0.25, -0.2) is 0 Å². The Morgan fingerprint density at radius 3 is 1.79 bits per heavy atom. The smallest absolute Gasteiger partial charge is 0.317 e. The molecule has 0 heterocycles. The SMILES string of the molecule is CCN(CC)CCOC(=O)C(c1ccccc1)c1ccccc1.[Cl-]. The first-order chi connectivity index (χ1) is 11.3. The van der Waals surface area contributed by atoms with Gasteiger partial charge in [0.1, 0.15) is 12.5 Å². The summed E-state index contributed by atoms with van der Waals surface area (Å²) >= 11 is 0. The van der Waals surface area contributed by atoms with Gasteiger partial charge in [-0.05, 0) is 24.2 Å². The molecule has 0 aliphatic carbocycles. The van der Waals surface area contributed by atoms with Gasteiger partial charge < -0.3 is 22.0 Å². The minimum Gasteiger partial charge on any atom is -1.00 e. The Bertz CT molecular complexity index is 546. The van der Waals surface area contributed by atoms with Crippen LogP contribution in [0.3, 0.4) is 0 Å². The van der Waals surface area contributed by atoms with E-state index in [1.165, 1.54) is 0 Å². The van der Waals surface area contributed by atoms with Crippen LogP contribution in [0.15, 0.2) is 60.7 Å². The summed E-state index contributed by atoms with van der Waals surface area (Å²) in [5, 5.41) is 0. The van der Waals surface area contributed by atoms with E-state index in [1.807, 2.05) is 60.7 Å². The molecule has 0 aliphatic rings. The minimum atomic E-state index is -0.367. The average molecular weight is 347 g/mol. The molecule has 0 saturated heterocycles. The van der Waals surface area contributed by atoms with Gasteiger partial charge >= 0.3 is 5.97 Å². The zero-order chi connectivity index (χ0) is 16.5. The van der Waals surface area contributed by atoms with Gasteiger partial charge in [0.15, 0.2) is 0 Å². The van der Waals surface area contributed by atoms with Crippen molar-refractivity contribution in [2.24, 2.45) is 0 Å². The highest BCUT2D eigenvalue weighted by molar-refractivity contribution is 5.82. The lowest BCUT2D eigenvalue weighted by Gasteiger charge is -2.20. The van der Waals surface area contributed by atoms with Crippen LogP contribution in [0, 0.1) is 0 Å². The van der Waals surface area contributed by atoms with E-state index in [4.69, 9.17) is 4.74 Å². The first-order valence-electron chi connectivity index (χ1n) is 8.25. The van der Waals surface area contributed by atoms with E-state index >= 15 is 0 Å². The van der Waals surface area contributed by atoms with Crippen molar-refractivity contribution < 1.29 is 21.9 Å². The molecule has 0 bridgehead atoms. The average Bonchev–Trinajstić information content (AvgIpc) is 2.61. The zero-order valence-electron chi connectivity index (χ0n) is 14.3. The molecule has 2 rings (SSSR count). The number of rotatable bonds is 8. The van der Waals surface area contributed by atoms with E-state index in [2.05, 4.69) is 18.7 Å². The quantitative estimate of drug-likeness (QED) is 0.659. The molecular formula is C20H25ClNO2-. The van der Waals surface area contributed by atoms with Crippen LogP contribution in [0.4, 0.5) is 0 Å². The highest BCUT2D eigenvalue weighted by Gasteiger charge is 2.24. The molecule has 0 aromatic heterocycles. The highest BCUT2D eigenvalue weighted by atomic mass is 35.5. The van der Waals surface area contributed by atoms with E-state index in [0.29, 0.717) is 6.61 Å². The van der Waals surface area contributed by atoms with Crippen molar-refractivity contribution in [3.63, 3.8) is 0 Å². The lowest BCUT2D eigenvalue weighted by molar-refractivity contribution is -0.144. The largest absolute Gasteiger partial charge is 1.00 e. The number of carbonyl (C=O) groups is 1. The number of nitrogens with zero attached hydrogens (tertiary/aromatic N) is 1. The summed E-state index contributed by atoms with van der Waals surface area (Å²) in [5.41, 5.74) is 1.93. The molecular weight excluding hydrogens is 322 g/mol. The Hall–Kier alpha value is -1.84. The van der Waals surface area contributed by atoms with Crippen molar-refractivity contribution >= 4 is 5.97 Å². The van der Waals surface area contributed by atoms with Crippen LogP contribution in [0.2, 0.25) is 0 Å². The predicted molar refractivity (Wildman–Crippen MR) is 93.5 cm³/mol. The van der Waals surface area contributed by atoms with Gasteiger partial charge in [0, 0.05) is 6.54 Å². The summed E-state index contributed by atoms with van der Waals surface area (Å²) in [6.07, 6.45) is 0. The molecule has 0 aliphatic heterocycles. The number of carbonyl (C=O) groups excluding carboxylic acids is 1. The molecule has 130 valence electrons. The van der Waals surface area contributed by atoms with E-state index in [9.17, 15) is 4.79 Å². The number of esters is 1. The molecule has 0 N–H and O–H groups in total. The van der Waals surface area contributed by atoms with Crippen molar-refractivity contribution in [2.45, 2.75) is 19.8 Å². The summed E-state index contributed by atoms with van der Waals surface area (Å²) in [5.74, 6) is -0.552. The van der Waals surface area contributed by atoms with Crippen LogP contribution < -0.4 is 12.4 Å². The third-order valence-electron chi connectivity index (χ3n) is 4.05. The number of hydrogen-bond donors (Lipinski definition) is 0. The van der Waals surface area contributed by atoms with Crippen LogP contribution in [0.25, 0.3) is 0 Å². The highest BCUT2D eigenvalue weighted by Crippen LogP contribution is 2.25. The van der Waals surface area contributed by atoms with Gasteiger partial charge in [0.05, 0.1) is 0 Å². The lowest BCUT2D eigenvalue weighted by Crippen LogP contribution is -3.00. The summed E-state index contributed by atoms with van der Waals surface area (Å²) in [4.78, 5) is 14.9. The predicted octanol–water partition coefficient (Wildman–Crippen LogP) is 0.707. The maximum atomic E-state index is 12.7. The van der Waals surface area contributed by atoms with Crippen LogP contribution in [-0.4, -0.2) is 37.1 Å². The zero-order valence-corrected chi connectivity index (χ0v) is 15.1. The standard InChI is InChI=1S/C20H25NO2.ClH/c1-3-21(4-2)15-16-23-20(22)19(17-11-7-5-8-12-17)18-13-9-6-10-14-18;/h5-14,19H,3-4,15-16H2,1-2H3;1H/p-1. The Balaban J connectivity index is 0.00000288. The third-order valence-corrected chi connectivity index (χ3v) is 4.05. The second kappa shape index (κ2) is 10.8. The fourth-order valence-electron chi connectivity index (χ4n) is 2.65. The monoisotopic (exact) mass is 346 g/mol. The van der Waals surface area contributed by atoms with E-state index in [1.54, 1.807) is 0 Å². The van der Waals surface area contributed by atoms with Crippen molar-refractivity contribution in [3.05, 3.63) is 71.8 Å². The molecule has 24 heavy (non-hydrogen) atoms. The van der Waals surface area contributed by atoms with Crippen LogP contribution in [0.1, 0.15) is 30.9 Å². The molecule has 0 atom stereocenters. The Labute approximate surface area is 151 Å². The molecule has 0 radical (unpaired) electrons. The van der Waals surface area contributed by atoms with Gasteiger partial charge in [0.25, 0.3) is 0 Å². The van der Waals surface area contributed by atoms with Gasteiger partial charge in [-0.3, -0.25) is 4.79 Å². The molecule has 0 saturated carbocycles. The fourth-order valence-corrected chi connectivity index (χ4v) is 2.65. The first-order valence-corrected chi connectivity index (χ1v) is 8.25. The molecule has 3 nitrogen and oxygen atoms in total. The Kier molecular flexibility index (Phi) is 9.13. The van der Waals surface area contributed by atoms with Crippen molar-refractivity contribution in [1.82, 2.24) is 4.90 Å². The normalized spacial score (nSPS) is 10.5. The van der Waals surface area contributed by atoms with Crippen molar-refractivity contribution in [2.75, 3.05) is 26.2 Å². The first kappa shape index (κ1) is 20.2. The summed E-state index contributed by atoms with van der Waals surface area (Å²) < 4.78 is 5.57.